The zero-order valence-corrected chi connectivity index (χ0v) is 11.9. The maximum absolute atomic E-state index is 9.74. The molecule has 0 saturated heterocycles. The van der Waals surface area contributed by atoms with Crippen molar-refractivity contribution >= 4 is 5.69 Å². The summed E-state index contributed by atoms with van der Waals surface area (Å²) in [5, 5.41) is 13.2. The summed E-state index contributed by atoms with van der Waals surface area (Å²) in [5.74, 6) is 1.41. The molecule has 0 spiro atoms. The number of methoxy groups -OCH3 is 1. The fourth-order valence-corrected chi connectivity index (χ4v) is 2.00. The summed E-state index contributed by atoms with van der Waals surface area (Å²) in [7, 11) is 1.56. The average molecular weight is 251 g/mol. The zero-order valence-electron chi connectivity index (χ0n) is 11.9. The molecule has 1 rings (SSSR count). The summed E-state index contributed by atoms with van der Waals surface area (Å²) in [5.41, 5.74) is 0.948. The second-order valence-corrected chi connectivity index (χ2v) is 4.89. The first kappa shape index (κ1) is 14.7. The molecule has 0 saturated carbocycles. The fraction of sp³-hybridized carbons (Fsp3) is 0.600. The third kappa shape index (κ3) is 4.13. The molecule has 102 valence electrons. The first-order chi connectivity index (χ1) is 8.60. The Kier molecular flexibility index (Phi) is 5.83. The van der Waals surface area contributed by atoms with Gasteiger partial charge in [0.25, 0.3) is 0 Å². The van der Waals surface area contributed by atoms with E-state index in [-0.39, 0.29) is 5.75 Å². The highest BCUT2D eigenvalue weighted by atomic mass is 16.5. The molecule has 2 N–H and O–H groups in total. The van der Waals surface area contributed by atoms with E-state index in [1.54, 1.807) is 19.2 Å². The minimum Gasteiger partial charge on any atom is -0.504 e. The number of anilines is 1. The summed E-state index contributed by atoms with van der Waals surface area (Å²) in [6.07, 6.45) is 3.43. The molecule has 3 heteroatoms. The maximum Gasteiger partial charge on any atom is 0.160 e. The third-order valence-electron chi connectivity index (χ3n) is 3.43. The van der Waals surface area contributed by atoms with Crippen molar-refractivity contribution in [3.05, 3.63) is 18.2 Å². The van der Waals surface area contributed by atoms with Gasteiger partial charge in [0.15, 0.2) is 11.5 Å². The van der Waals surface area contributed by atoms with Crippen LogP contribution in [0, 0.1) is 5.92 Å². The summed E-state index contributed by atoms with van der Waals surface area (Å²) in [6, 6.07) is 5.90. The average Bonchev–Trinajstić information content (AvgIpc) is 2.38. The van der Waals surface area contributed by atoms with E-state index in [2.05, 4.69) is 26.1 Å². The molecule has 3 nitrogen and oxygen atoms in total. The summed E-state index contributed by atoms with van der Waals surface area (Å²) in [6.45, 7) is 6.68. The van der Waals surface area contributed by atoms with Crippen LogP contribution in [0.15, 0.2) is 18.2 Å². The molecular formula is C15H25NO2. The molecule has 0 radical (unpaired) electrons. The van der Waals surface area contributed by atoms with E-state index in [9.17, 15) is 5.11 Å². The molecule has 1 aromatic carbocycles. The Hall–Kier alpha value is -1.38. The second-order valence-electron chi connectivity index (χ2n) is 4.89. The van der Waals surface area contributed by atoms with Gasteiger partial charge in [-0.2, -0.15) is 0 Å². The van der Waals surface area contributed by atoms with Gasteiger partial charge in [0.2, 0.25) is 0 Å². The lowest BCUT2D eigenvalue weighted by Gasteiger charge is -2.21. The number of nitrogens with one attached hydrogen (secondary N) is 1. The molecule has 0 aliphatic heterocycles. The number of hydrogen-bond acceptors (Lipinski definition) is 3. The molecule has 0 aromatic heterocycles. The van der Waals surface area contributed by atoms with Crippen molar-refractivity contribution in [2.24, 2.45) is 5.92 Å². The highest BCUT2D eigenvalue weighted by molar-refractivity contribution is 5.54. The van der Waals surface area contributed by atoms with Gasteiger partial charge < -0.3 is 15.2 Å². The number of ether oxygens (including phenoxy) is 1. The van der Waals surface area contributed by atoms with E-state index >= 15 is 0 Å². The molecular weight excluding hydrogens is 226 g/mol. The molecule has 1 aromatic rings. The minimum absolute atomic E-state index is 0.181. The number of hydrogen-bond donors (Lipinski definition) is 2. The normalized spacial score (nSPS) is 14.0. The van der Waals surface area contributed by atoms with Crippen LogP contribution in [0.5, 0.6) is 11.5 Å². The maximum atomic E-state index is 9.74. The fourth-order valence-electron chi connectivity index (χ4n) is 2.00. The lowest BCUT2D eigenvalue weighted by atomic mass is 9.97. The monoisotopic (exact) mass is 251 g/mol. The van der Waals surface area contributed by atoms with Crippen LogP contribution in [-0.4, -0.2) is 18.3 Å². The van der Waals surface area contributed by atoms with Gasteiger partial charge >= 0.3 is 0 Å². The summed E-state index contributed by atoms with van der Waals surface area (Å²) < 4.78 is 5.04. The number of phenolic OH excluding ortho intramolecular Hbond substituents is 1. The van der Waals surface area contributed by atoms with Crippen LogP contribution in [0.4, 0.5) is 5.69 Å². The highest BCUT2D eigenvalue weighted by Gasteiger charge is 2.11. The Labute approximate surface area is 110 Å². The SMILES string of the molecule is CCC(C)CC(CC)Nc1ccc(OC)c(O)c1. The van der Waals surface area contributed by atoms with Gasteiger partial charge in [-0.1, -0.05) is 27.2 Å². The van der Waals surface area contributed by atoms with Crippen molar-refractivity contribution in [3.63, 3.8) is 0 Å². The predicted octanol–water partition coefficient (Wildman–Crippen LogP) is 4.03. The zero-order chi connectivity index (χ0) is 13.5. The van der Waals surface area contributed by atoms with Gasteiger partial charge in [0, 0.05) is 17.8 Å². The lowest BCUT2D eigenvalue weighted by Crippen LogP contribution is -2.21. The smallest absolute Gasteiger partial charge is 0.160 e. The first-order valence-electron chi connectivity index (χ1n) is 6.74. The quantitative estimate of drug-likeness (QED) is 0.769. The molecule has 0 fully saturated rings. The second kappa shape index (κ2) is 7.14. The van der Waals surface area contributed by atoms with E-state index in [1.165, 1.54) is 6.42 Å². The van der Waals surface area contributed by atoms with Crippen LogP contribution < -0.4 is 10.1 Å². The molecule has 0 bridgehead atoms. The van der Waals surface area contributed by atoms with Gasteiger partial charge in [0.1, 0.15) is 0 Å². The van der Waals surface area contributed by atoms with E-state index < -0.39 is 0 Å². The Morgan fingerprint density at radius 3 is 2.50 bits per heavy atom. The molecule has 0 aliphatic rings. The van der Waals surface area contributed by atoms with Gasteiger partial charge in [0.05, 0.1) is 7.11 Å². The van der Waals surface area contributed by atoms with Crippen LogP contribution in [0.1, 0.15) is 40.0 Å². The topological polar surface area (TPSA) is 41.5 Å². The minimum atomic E-state index is 0.181. The molecule has 2 unspecified atom stereocenters. The number of phenols is 1. The van der Waals surface area contributed by atoms with Gasteiger partial charge in [-0.05, 0) is 30.9 Å². The van der Waals surface area contributed by atoms with Gasteiger partial charge in [-0.25, -0.2) is 0 Å². The van der Waals surface area contributed by atoms with E-state index in [4.69, 9.17) is 4.74 Å². The Bertz CT molecular complexity index is 366. The largest absolute Gasteiger partial charge is 0.504 e. The Morgan fingerprint density at radius 2 is 2.00 bits per heavy atom. The standard InChI is InChI=1S/C15H25NO2/c1-5-11(3)9-12(6-2)16-13-7-8-15(18-4)14(17)10-13/h7-8,10-12,16-17H,5-6,9H2,1-4H3. The van der Waals surface area contributed by atoms with Crippen molar-refractivity contribution in [2.45, 2.75) is 46.1 Å². The molecule has 0 heterocycles. The predicted molar refractivity (Wildman–Crippen MR) is 76.4 cm³/mol. The van der Waals surface area contributed by atoms with E-state index in [1.807, 2.05) is 6.07 Å². The number of rotatable bonds is 7. The highest BCUT2D eigenvalue weighted by Crippen LogP contribution is 2.29. The van der Waals surface area contributed by atoms with Gasteiger partial charge in [-0.15, -0.1) is 0 Å². The van der Waals surface area contributed by atoms with E-state index in [0.29, 0.717) is 17.7 Å². The number of aromatic hydroxyl groups is 1. The third-order valence-corrected chi connectivity index (χ3v) is 3.43. The Balaban J connectivity index is 2.67. The van der Waals surface area contributed by atoms with Crippen LogP contribution in [-0.2, 0) is 0 Å². The van der Waals surface area contributed by atoms with Crippen molar-refractivity contribution < 1.29 is 9.84 Å². The molecule has 0 aliphatic carbocycles. The van der Waals surface area contributed by atoms with Crippen LogP contribution >= 0.6 is 0 Å². The van der Waals surface area contributed by atoms with Crippen molar-refractivity contribution in [1.82, 2.24) is 0 Å². The molecule has 2 atom stereocenters. The first-order valence-corrected chi connectivity index (χ1v) is 6.74. The number of benzene rings is 1. The summed E-state index contributed by atoms with van der Waals surface area (Å²) in [4.78, 5) is 0. The lowest BCUT2D eigenvalue weighted by molar-refractivity contribution is 0.373. The molecule has 18 heavy (non-hydrogen) atoms. The summed E-state index contributed by atoms with van der Waals surface area (Å²) >= 11 is 0. The van der Waals surface area contributed by atoms with Crippen molar-refractivity contribution in [3.8, 4) is 11.5 Å². The van der Waals surface area contributed by atoms with Crippen LogP contribution in [0.3, 0.4) is 0 Å². The molecule has 0 amide bonds. The van der Waals surface area contributed by atoms with Crippen molar-refractivity contribution in [1.29, 1.82) is 0 Å². The van der Waals surface area contributed by atoms with E-state index in [0.717, 1.165) is 18.5 Å². The van der Waals surface area contributed by atoms with Crippen molar-refractivity contribution in [2.75, 3.05) is 12.4 Å². The van der Waals surface area contributed by atoms with Crippen LogP contribution in [0.2, 0.25) is 0 Å². The van der Waals surface area contributed by atoms with Gasteiger partial charge in [-0.3, -0.25) is 0 Å². The van der Waals surface area contributed by atoms with Crippen LogP contribution in [0.25, 0.3) is 0 Å². The Morgan fingerprint density at radius 1 is 1.28 bits per heavy atom.